The number of carbonyl (C=O) groups excluding carboxylic acids is 3. The van der Waals surface area contributed by atoms with E-state index in [0.29, 0.717) is 50.9 Å². The molecule has 4 aliphatic rings. The Kier molecular flexibility index (Phi) is 16.6. The van der Waals surface area contributed by atoms with Crippen LogP contribution in [0.5, 0.6) is 0 Å². The zero-order valence-corrected chi connectivity index (χ0v) is 33.3. The first kappa shape index (κ1) is 46.3. The molecule has 5 rings (SSSR count). The third kappa shape index (κ3) is 10.8. The van der Waals surface area contributed by atoms with E-state index in [1.165, 1.54) is 11.8 Å². The first-order valence-corrected chi connectivity index (χ1v) is 20.0. The van der Waals surface area contributed by atoms with Crippen LogP contribution in [0.1, 0.15) is 51.6 Å². The molecule has 1 aromatic rings. The average Bonchev–Trinajstić information content (AvgIpc) is 3.90. The van der Waals surface area contributed by atoms with Crippen molar-refractivity contribution in [2.45, 2.75) is 133 Å². The third-order valence-electron chi connectivity index (χ3n) is 11.0. The van der Waals surface area contributed by atoms with E-state index in [0.717, 1.165) is 0 Å². The minimum Gasteiger partial charge on any atom is -0.479 e. The van der Waals surface area contributed by atoms with Gasteiger partial charge in [-0.3, -0.25) is 19.3 Å². The highest BCUT2D eigenvalue weighted by Crippen LogP contribution is 2.41. The second-order valence-electron chi connectivity index (χ2n) is 15.1. The summed E-state index contributed by atoms with van der Waals surface area (Å²) in [5, 5.41) is 59.7. The van der Waals surface area contributed by atoms with Crippen molar-refractivity contribution >= 4 is 23.7 Å². The van der Waals surface area contributed by atoms with Crippen LogP contribution in [0.4, 0.5) is 0 Å². The van der Waals surface area contributed by atoms with Crippen LogP contribution >= 0.6 is 0 Å². The fourth-order valence-corrected chi connectivity index (χ4v) is 7.71. The van der Waals surface area contributed by atoms with Crippen molar-refractivity contribution in [3.05, 3.63) is 37.2 Å². The van der Waals surface area contributed by atoms with Gasteiger partial charge in [-0.2, -0.15) is 0 Å². The fourth-order valence-electron chi connectivity index (χ4n) is 7.71. The van der Waals surface area contributed by atoms with Crippen LogP contribution in [0.2, 0.25) is 0 Å². The molecular formula is C38H58N6O15. The summed E-state index contributed by atoms with van der Waals surface area (Å²) < 4.78 is 34.9. The van der Waals surface area contributed by atoms with Gasteiger partial charge in [-0.15, -0.1) is 18.3 Å². The lowest BCUT2D eigenvalue weighted by Gasteiger charge is -2.45. The number of nitrogens with two attached hydrogens (primary N) is 1. The molecule has 4 aliphatic heterocycles. The Morgan fingerprint density at radius 3 is 2.25 bits per heavy atom. The molecule has 4 unspecified atom stereocenters. The number of hydrogen-bond donors (Lipinski definition) is 6. The van der Waals surface area contributed by atoms with Gasteiger partial charge in [0.25, 0.3) is 0 Å². The Morgan fingerprint density at radius 2 is 1.61 bits per heavy atom. The van der Waals surface area contributed by atoms with Gasteiger partial charge in [-0.05, 0) is 32.6 Å². The lowest BCUT2D eigenvalue weighted by Crippen LogP contribution is -2.66. The van der Waals surface area contributed by atoms with Crippen LogP contribution < -0.4 is 5.73 Å². The van der Waals surface area contributed by atoms with E-state index < -0.39 is 91.4 Å². The van der Waals surface area contributed by atoms with Crippen molar-refractivity contribution in [1.29, 1.82) is 0 Å². The van der Waals surface area contributed by atoms with E-state index >= 15 is 0 Å². The van der Waals surface area contributed by atoms with Crippen molar-refractivity contribution in [3.63, 3.8) is 0 Å². The number of aliphatic hydroxyl groups is 4. The van der Waals surface area contributed by atoms with Gasteiger partial charge in [-0.1, -0.05) is 24.3 Å². The summed E-state index contributed by atoms with van der Waals surface area (Å²) in [7, 11) is 0. The van der Waals surface area contributed by atoms with Gasteiger partial charge in [0, 0.05) is 19.5 Å². The highest BCUT2D eigenvalue weighted by Gasteiger charge is 2.58. The highest BCUT2D eigenvalue weighted by molar-refractivity contribution is 6.06. The number of imide groups is 1. The number of amides is 3. The molecule has 7 N–H and O–H groups in total. The van der Waals surface area contributed by atoms with Crippen LogP contribution in [0.3, 0.4) is 0 Å². The number of carboxylic acids is 1. The first-order valence-electron chi connectivity index (χ1n) is 20.0. The second kappa shape index (κ2) is 21.2. The number of carboxylic acid groups (broad SMARTS) is 1. The maximum atomic E-state index is 13.1. The zero-order chi connectivity index (χ0) is 43.0. The van der Waals surface area contributed by atoms with Gasteiger partial charge in [0.15, 0.2) is 18.7 Å². The summed E-state index contributed by atoms with van der Waals surface area (Å²) in [5.74, 6) is -3.21. The summed E-state index contributed by atoms with van der Waals surface area (Å²) in [6, 6.07) is -1.29. The number of ether oxygens (including phenoxy) is 6. The van der Waals surface area contributed by atoms with Crippen molar-refractivity contribution in [3.8, 4) is 0 Å². The van der Waals surface area contributed by atoms with Crippen LogP contribution in [-0.4, -0.2) is 180 Å². The number of aliphatic hydroxyl groups excluding tert-OH is 4. The van der Waals surface area contributed by atoms with Crippen molar-refractivity contribution < 1.29 is 73.1 Å². The van der Waals surface area contributed by atoms with Crippen molar-refractivity contribution in [2.24, 2.45) is 17.6 Å². The molecule has 3 amide bonds. The largest absolute Gasteiger partial charge is 0.479 e. The second-order valence-corrected chi connectivity index (χ2v) is 15.1. The van der Waals surface area contributed by atoms with Crippen LogP contribution in [-0.2, 0) is 60.7 Å². The van der Waals surface area contributed by atoms with Gasteiger partial charge in [0.1, 0.15) is 36.2 Å². The third-order valence-corrected chi connectivity index (χ3v) is 11.0. The molecule has 0 spiro atoms. The van der Waals surface area contributed by atoms with Crippen LogP contribution in [0.25, 0.3) is 0 Å². The van der Waals surface area contributed by atoms with E-state index in [-0.39, 0.29) is 50.6 Å². The molecule has 0 aliphatic carbocycles. The SMILES string of the molecule is C=C[C@@H]1O[C@H](C=C)[C@@H]2C(=O)N(CCCCCN(Cc3cn(CCOCCO[C@@H]4OC(C(=O)O)[C@@H](O[C@H]5OC(C)[C@@H](O)[C@H](O)C5N)[C@H](O)C4O)nn3)C(=O)CCC)C(=O)[C@@H]21. The molecule has 0 aromatic carbocycles. The molecule has 21 nitrogen and oxygen atoms in total. The lowest BCUT2D eigenvalue weighted by atomic mass is 9.89. The Balaban J connectivity index is 1.01. The number of hydrogen-bond acceptors (Lipinski definition) is 17. The Morgan fingerprint density at radius 1 is 0.915 bits per heavy atom. The molecule has 0 saturated carbocycles. The quantitative estimate of drug-likeness (QED) is 0.0421. The van der Waals surface area contributed by atoms with Gasteiger partial charge >= 0.3 is 5.97 Å². The molecule has 330 valence electrons. The normalized spacial score (nSPS) is 34.5. The molecule has 5 heterocycles. The number of likely N-dealkylation sites (tertiary alicyclic amines) is 1. The average molecular weight is 839 g/mol. The molecule has 1 aromatic heterocycles. The van der Waals surface area contributed by atoms with Crippen LogP contribution in [0, 0.1) is 11.8 Å². The smallest absolute Gasteiger partial charge is 0.335 e. The minimum absolute atomic E-state index is 0.00437. The van der Waals surface area contributed by atoms with E-state index in [2.05, 4.69) is 23.5 Å². The number of fused-ring (bicyclic) bond motifs is 1. The fraction of sp³-hybridized carbons (Fsp3) is 0.737. The molecule has 0 bridgehead atoms. The Labute approximate surface area is 341 Å². The predicted octanol–water partition coefficient (Wildman–Crippen LogP) is -1.94. The Hall–Kier alpha value is -3.74. The standard InChI is InChI=1S/C38H58N6O15/c1-5-11-24(45)42(12-9-8-10-13-44-34(50)25-22(6-2)57-23(7-3)26(25)35(44)51)18-21-19-43(41-40-21)14-15-54-16-17-55-38-31(49)30(48)32(33(59-38)36(52)53)58-37-27(39)29(47)28(46)20(4)56-37/h6-7,19-20,22-23,25-33,37-38,46-49H,2-3,5,8-18,39H2,1,4H3,(H,52,53)/t20?,22-,23+,25+,26-,27?,28-,29-,30-,31?,32+,33?,37-,38-/m1/s1. The number of unbranched alkanes of at least 4 members (excludes halogenated alkanes) is 2. The maximum Gasteiger partial charge on any atom is 0.335 e. The predicted molar refractivity (Wildman–Crippen MR) is 201 cm³/mol. The number of nitrogens with zero attached hydrogens (tertiary/aromatic N) is 5. The van der Waals surface area contributed by atoms with E-state index in [9.17, 15) is 44.7 Å². The number of aromatic nitrogens is 3. The summed E-state index contributed by atoms with van der Waals surface area (Å²) >= 11 is 0. The monoisotopic (exact) mass is 838 g/mol. The molecule has 4 fully saturated rings. The molecular weight excluding hydrogens is 780 g/mol. The van der Waals surface area contributed by atoms with Gasteiger partial charge in [0.2, 0.25) is 17.7 Å². The number of carbonyl (C=O) groups is 4. The Bertz CT molecular complexity index is 1580. The van der Waals surface area contributed by atoms with Crippen LogP contribution in [0.15, 0.2) is 31.5 Å². The summed E-state index contributed by atoms with van der Waals surface area (Å²) in [6.07, 6.45) is -6.93. The molecule has 0 radical (unpaired) electrons. The van der Waals surface area contributed by atoms with Crippen molar-refractivity contribution in [1.82, 2.24) is 24.8 Å². The first-order chi connectivity index (χ1) is 28.2. The number of rotatable bonds is 22. The molecule has 59 heavy (non-hydrogen) atoms. The number of aliphatic carboxylic acids is 1. The van der Waals surface area contributed by atoms with Gasteiger partial charge < -0.3 is 64.6 Å². The van der Waals surface area contributed by atoms with Gasteiger partial charge in [-0.25, -0.2) is 9.48 Å². The van der Waals surface area contributed by atoms with E-state index in [1.54, 1.807) is 27.9 Å². The van der Waals surface area contributed by atoms with Crippen molar-refractivity contribution in [2.75, 3.05) is 32.9 Å². The summed E-state index contributed by atoms with van der Waals surface area (Å²) in [4.78, 5) is 54.2. The molecule has 14 atom stereocenters. The summed E-state index contributed by atoms with van der Waals surface area (Å²) in [6.45, 7) is 12.2. The lowest BCUT2D eigenvalue weighted by molar-refractivity contribution is -0.337. The maximum absolute atomic E-state index is 13.1. The minimum atomic E-state index is -1.81. The van der Waals surface area contributed by atoms with E-state index in [4.69, 9.17) is 34.2 Å². The topological polar surface area (TPSA) is 288 Å². The summed E-state index contributed by atoms with van der Waals surface area (Å²) in [5.41, 5.74) is 6.47. The molecule has 21 heteroatoms. The van der Waals surface area contributed by atoms with E-state index in [1.807, 2.05) is 6.92 Å². The highest BCUT2D eigenvalue weighted by atomic mass is 16.7. The van der Waals surface area contributed by atoms with Gasteiger partial charge in [0.05, 0.1) is 75.3 Å². The zero-order valence-electron chi connectivity index (χ0n) is 33.3. The molecule has 4 saturated heterocycles.